The van der Waals surface area contributed by atoms with Crippen LogP contribution in [0.4, 0.5) is 0 Å². The summed E-state index contributed by atoms with van der Waals surface area (Å²) in [7, 11) is 9.53. The number of aliphatic hydroxyl groups is 1. The molecule has 9 N–H and O–H groups in total. The zero-order chi connectivity index (χ0) is 35.0. The van der Waals surface area contributed by atoms with Gasteiger partial charge in [0.1, 0.15) is 45.7 Å². The third kappa shape index (κ3) is 30.4. The summed E-state index contributed by atoms with van der Waals surface area (Å²) >= 11 is 0.194. The van der Waals surface area contributed by atoms with Crippen molar-refractivity contribution in [2.45, 2.75) is 117 Å². The average Bonchev–Trinajstić information content (AvgIpc) is 3.12. The quantitative estimate of drug-likeness (QED) is 0.0962. The van der Waals surface area contributed by atoms with Gasteiger partial charge in [-0.25, -0.2) is 0 Å². The van der Waals surface area contributed by atoms with Crippen LogP contribution in [-0.4, -0.2) is 99.1 Å². The minimum atomic E-state index is 0. The molecule has 0 spiro atoms. The molecule has 0 aromatic heterocycles. The van der Waals surface area contributed by atoms with Gasteiger partial charge in [0.05, 0.1) is 0 Å². The Bertz CT molecular complexity index is 847. The van der Waals surface area contributed by atoms with Gasteiger partial charge in [-0.15, -0.1) is 12.4 Å². The van der Waals surface area contributed by atoms with Crippen LogP contribution in [0.1, 0.15) is 117 Å². The molecule has 4 saturated carbocycles. The summed E-state index contributed by atoms with van der Waals surface area (Å²) in [4.78, 5) is 0. The van der Waals surface area contributed by atoms with Crippen LogP contribution in [0.25, 0.3) is 0 Å². The fourth-order valence-corrected chi connectivity index (χ4v) is 4.36. The predicted molar refractivity (Wildman–Crippen MR) is 186 cm³/mol. The van der Waals surface area contributed by atoms with Gasteiger partial charge in [-0.3, -0.25) is 0 Å². The van der Waals surface area contributed by atoms with E-state index in [1.807, 2.05) is 0 Å². The summed E-state index contributed by atoms with van der Waals surface area (Å²) in [5.74, 6) is 0. The molecule has 0 unspecified atom stereocenters. The van der Waals surface area contributed by atoms with Gasteiger partial charge in [-0.2, -0.15) is 0 Å². The number of halogens is 5. The van der Waals surface area contributed by atoms with Gasteiger partial charge >= 0.3 is 50.4 Å². The van der Waals surface area contributed by atoms with Gasteiger partial charge in [-0.1, -0.05) is 48.7 Å². The van der Waals surface area contributed by atoms with Crippen molar-refractivity contribution in [3.05, 3.63) is 0 Å². The Kier molecular flexibility index (Phi) is 58.2. The molecular weight excluding hydrogens is 869 g/mol. The molecule has 0 aromatic carbocycles. The fraction of sp³-hybridized carbons (Fsp3) is 0.704. The summed E-state index contributed by atoms with van der Waals surface area (Å²) in [5, 5.41) is 98.9. The first-order valence-electron chi connectivity index (χ1n) is 14.5. The van der Waals surface area contributed by atoms with Crippen molar-refractivity contribution < 1.29 is 102 Å². The Morgan fingerprint density at radius 3 is 0.569 bits per heavy atom. The summed E-state index contributed by atoms with van der Waals surface area (Å²) in [6, 6.07) is 0. The van der Waals surface area contributed by atoms with Crippen molar-refractivity contribution in [3.63, 3.8) is 0 Å². The van der Waals surface area contributed by atoms with Crippen LogP contribution in [0, 0.1) is 0 Å². The normalized spacial score (nSPS) is 22.4. The Hall–Kier alpha value is -1.79. The van der Waals surface area contributed by atoms with Crippen LogP contribution >= 0.6 is 32.6 Å². The molecule has 4 aliphatic carbocycles. The van der Waals surface area contributed by atoms with E-state index in [-0.39, 0.29) is 81.5 Å². The van der Waals surface area contributed by atoms with Crippen LogP contribution < -0.4 is 24.8 Å². The number of oxime groups is 8. The van der Waals surface area contributed by atoms with Crippen molar-refractivity contribution >= 4 is 78.3 Å². The minimum absolute atomic E-state index is 0. The van der Waals surface area contributed by atoms with E-state index >= 15 is 0 Å². The molecule has 4 fully saturated rings. The van der Waals surface area contributed by atoms with Crippen molar-refractivity contribution in [1.29, 1.82) is 0 Å². The van der Waals surface area contributed by atoms with Crippen LogP contribution in [0.5, 0.6) is 0 Å². The zero-order valence-corrected chi connectivity index (χ0v) is 33.3. The molecule has 17 nitrogen and oxygen atoms in total. The largest absolute Gasteiger partial charge is 2.00 e. The maximum atomic E-state index is 8.39. The van der Waals surface area contributed by atoms with Crippen LogP contribution in [0.15, 0.2) is 41.2 Å². The van der Waals surface area contributed by atoms with Gasteiger partial charge in [0.25, 0.3) is 0 Å². The first kappa shape index (κ1) is 64.2. The van der Waals surface area contributed by atoms with E-state index in [0.29, 0.717) is 45.7 Å². The minimum Gasteiger partial charge on any atom is 2.00 e. The molecule has 0 heterocycles. The van der Waals surface area contributed by atoms with Crippen molar-refractivity contribution in [2.24, 2.45) is 41.2 Å². The Labute approximate surface area is 343 Å². The molecular formula is C27H51Cl5Fe2N8O9. The molecule has 304 valence electrons. The van der Waals surface area contributed by atoms with E-state index in [1.165, 1.54) is 0 Å². The van der Waals surface area contributed by atoms with E-state index < -0.39 is 0 Å². The maximum absolute atomic E-state index is 8.39. The van der Waals surface area contributed by atoms with Gasteiger partial charge in [-0.05, 0) is 110 Å². The number of rotatable bonds is 0. The fourth-order valence-electron chi connectivity index (χ4n) is 4.36. The summed E-state index contributed by atoms with van der Waals surface area (Å²) in [5.41, 5.74) is 4.18. The average molecular weight is 921 g/mol. The van der Waals surface area contributed by atoms with Crippen LogP contribution in [-0.2, 0) is 30.2 Å². The molecule has 0 aromatic rings. The molecule has 0 amide bonds. The molecule has 0 radical (unpaired) electrons. The van der Waals surface area contributed by atoms with Crippen LogP contribution in [0.2, 0.25) is 0 Å². The van der Waals surface area contributed by atoms with E-state index in [0.717, 1.165) is 103 Å². The monoisotopic (exact) mass is 918 g/mol. The van der Waals surface area contributed by atoms with E-state index in [2.05, 4.69) is 41.2 Å². The standard InChI is InChI=1S/4C6H10N2O2.C2H6O.CH4.5ClH.2Fe/c4*9-7-5-3-1-2-4-6(5)8-10;1-2-3;;;;;;;;/h4*9-10H,1-4H2;3H,2H2,1H3;1H4;5*1H;;/q;;;;;;;;;;;2*+2/p-4/b7-5-,8-6?;;;;;;;;;;;;. The second-order valence-electron chi connectivity index (χ2n) is 9.57. The first-order chi connectivity index (χ1) is 22.4. The third-order valence-corrected chi connectivity index (χ3v) is 6.61. The maximum Gasteiger partial charge on any atom is 2.00 e. The Balaban J connectivity index is -0.0000000932. The molecule has 0 atom stereocenters. The first-order valence-corrected chi connectivity index (χ1v) is 17.5. The Morgan fingerprint density at radius 2 is 0.510 bits per heavy atom. The molecule has 4 rings (SSSR count). The second kappa shape index (κ2) is 46.2. The van der Waals surface area contributed by atoms with Gasteiger partial charge in [0, 0.05) is 6.61 Å². The number of hydrogen-bond acceptors (Lipinski definition) is 17. The SMILES string of the molecule is C.CCO.Cl.ON=C1CCCC/C1=N/O.ON=C1CCCCC1=NO.ON=C1CCCCC1=NO.ON=C1CCCCC1=NO.[Cl-].[Cl-].[Cl][Fe][Cl].[Fe+2]. The molecule has 0 saturated heterocycles. The third-order valence-electron chi connectivity index (χ3n) is 6.61. The van der Waals surface area contributed by atoms with E-state index in [1.54, 1.807) is 6.92 Å². The zero-order valence-electron chi connectivity index (χ0n) is 27.3. The van der Waals surface area contributed by atoms with E-state index in [9.17, 15) is 0 Å². The molecule has 51 heavy (non-hydrogen) atoms. The van der Waals surface area contributed by atoms with Crippen molar-refractivity contribution in [3.8, 4) is 0 Å². The van der Waals surface area contributed by atoms with Crippen molar-refractivity contribution in [1.82, 2.24) is 0 Å². The summed E-state index contributed by atoms with van der Waals surface area (Å²) in [6.07, 6.45) is 13.8. The number of hydrogen-bond donors (Lipinski definition) is 9. The van der Waals surface area contributed by atoms with Crippen molar-refractivity contribution in [2.75, 3.05) is 6.61 Å². The van der Waals surface area contributed by atoms with Gasteiger partial charge in [0.2, 0.25) is 0 Å². The summed E-state index contributed by atoms with van der Waals surface area (Å²) in [6.45, 7) is 1.93. The molecule has 0 aliphatic heterocycles. The topological polar surface area (TPSA) is 281 Å². The second-order valence-corrected chi connectivity index (χ2v) is 11.4. The molecule has 0 bridgehead atoms. The molecule has 24 heteroatoms. The smallest absolute Gasteiger partial charge is 2.00 e. The predicted octanol–water partition coefficient (Wildman–Crippen LogP) is 1.32. The van der Waals surface area contributed by atoms with Crippen LogP contribution in [0.3, 0.4) is 0 Å². The number of aliphatic hydroxyl groups excluding tert-OH is 1. The van der Waals surface area contributed by atoms with Gasteiger partial charge in [0.15, 0.2) is 0 Å². The molecule has 4 aliphatic rings. The van der Waals surface area contributed by atoms with E-state index in [4.69, 9.17) is 67.0 Å². The Morgan fingerprint density at radius 1 is 0.431 bits per heavy atom. The van der Waals surface area contributed by atoms with Gasteiger partial charge < -0.3 is 71.6 Å². The number of nitrogens with zero attached hydrogens (tertiary/aromatic N) is 8. The summed E-state index contributed by atoms with van der Waals surface area (Å²) < 4.78 is 0.